The van der Waals surface area contributed by atoms with Crippen LogP contribution in [-0.2, 0) is 42.9 Å². The zero-order chi connectivity index (χ0) is 23.4. The lowest BCUT2D eigenvalue weighted by molar-refractivity contribution is 0.478. The lowest BCUT2D eigenvalue weighted by Crippen LogP contribution is -2.08. The normalized spacial score (nSPS) is 12.8. The summed E-state index contributed by atoms with van der Waals surface area (Å²) in [5.41, 5.74) is -0.138. The van der Waals surface area contributed by atoms with Gasteiger partial charge in [-0.1, -0.05) is 0 Å². The van der Waals surface area contributed by atoms with E-state index in [9.17, 15) is 34.0 Å². The van der Waals surface area contributed by atoms with Gasteiger partial charge in [0.05, 0.1) is 21.3 Å². The van der Waals surface area contributed by atoms with E-state index in [4.69, 9.17) is 9.11 Å². The molecular formula is C18H20F2O8S3. The summed E-state index contributed by atoms with van der Waals surface area (Å²) in [5, 5.41) is 0. The highest BCUT2D eigenvalue weighted by atomic mass is 32.2. The maximum atomic E-state index is 14.0. The first-order valence-corrected chi connectivity index (χ1v) is 13.6. The van der Waals surface area contributed by atoms with Crippen LogP contribution < -0.4 is 0 Å². The van der Waals surface area contributed by atoms with Gasteiger partial charge in [0.1, 0.15) is 11.6 Å². The minimum atomic E-state index is -4.24. The number of rotatable bonds is 10. The number of hydrogen-bond donors (Lipinski definition) is 2. The summed E-state index contributed by atoms with van der Waals surface area (Å²) in [6, 6.07) is 5.92. The molecule has 0 aliphatic carbocycles. The van der Waals surface area contributed by atoms with E-state index in [0.717, 1.165) is 36.4 Å². The Kier molecular flexibility index (Phi) is 7.92. The van der Waals surface area contributed by atoms with Gasteiger partial charge in [-0.05, 0) is 73.2 Å². The molecule has 0 aliphatic rings. The monoisotopic (exact) mass is 498 g/mol. The minimum Gasteiger partial charge on any atom is -0.286 e. The molecule has 0 spiro atoms. The van der Waals surface area contributed by atoms with Crippen molar-refractivity contribution in [3.63, 3.8) is 0 Å². The largest absolute Gasteiger partial charge is 0.286 e. The van der Waals surface area contributed by atoms with Gasteiger partial charge >= 0.3 is 0 Å². The average Bonchev–Trinajstić information content (AvgIpc) is 2.62. The molecule has 0 saturated carbocycles. The van der Waals surface area contributed by atoms with Crippen LogP contribution in [0.4, 0.5) is 8.78 Å². The molecule has 0 fully saturated rings. The van der Waals surface area contributed by atoms with E-state index >= 15 is 0 Å². The Bertz CT molecular complexity index is 1180. The van der Waals surface area contributed by atoms with Crippen molar-refractivity contribution in [2.24, 2.45) is 0 Å². The second-order valence-electron chi connectivity index (χ2n) is 6.79. The fourth-order valence-electron chi connectivity index (χ4n) is 2.85. The SMILES string of the molecule is O=S(=O)(O)CCCc1cc(S(=O)(=O)c2ccc(F)c(CCCS(=O)(=O)O)c2)ccc1F. The lowest BCUT2D eigenvalue weighted by Gasteiger charge is -2.10. The molecule has 2 aromatic carbocycles. The Hall–Kier alpha value is -1.93. The van der Waals surface area contributed by atoms with E-state index in [-0.39, 0.29) is 46.6 Å². The number of benzene rings is 2. The van der Waals surface area contributed by atoms with Crippen LogP contribution >= 0.6 is 0 Å². The Balaban J connectivity index is 2.30. The molecule has 0 saturated heterocycles. The van der Waals surface area contributed by atoms with Gasteiger partial charge in [0.2, 0.25) is 9.84 Å². The van der Waals surface area contributed by atoms with Gasteiger partial charge in [-0.25, -0.2) is 17.2 Å². The van der Waals surface area contributed by atoms with Crippen LogP contribution in [0.25, 0.3) is 0 Å². The summed E-state index contributed by atoms with van der Waals surface area (Å²) in [7, 11) is -12.7. The summed E-state index contributed by atoms with van der Waals surface area (Å²) < 4.78 is 115. The quantitative estimate of drug-likeness (QED) is 0.376. The highest BCUT2D eigenvalue weighted by Crippen LogP contribution is 2.26. The molecule has 0 radical (unpaired) electrons. The lowest BCUT2D eigenvalue weighted by atomic mass is 10.1. The van der Waals surface area contributed by atoms with Crippen molar-refractivity contribution in [2.75, 3.05) is 11.5 Å². The number of hydrogen-bond acceptors (Lipinski definition) is 6. The van der Waals surface area contributed by atoms with E-state index in [2.05, 4.69) is 0 Å². The van der Waals surface area contributed by atoms with E-state index in [1.807, 2.05) is 0 Å². The number of aryl methyl sites for hydroxylation is 2. The molecule has 31 heavy (non-hydrogen) atoms. The summed E-state index contributed by atoms with van der Waals surface area (Å²) in [6.07, 6.45) is -0.542. The average molecular weight is 499 g/mol. The van der Waals surface area contributed by atoms with Crippen molar-refractivity contribution >= 4 is 30.1 Å². The Morgan fingerprint density at radius 3 is 1.32 bits per heavy atom. The molecule has 2 rings (SSSR count). The summed E-state index contributed by atoms with van der Waals surface area (Å²) in [6.45, 7) is 0. The van der Waals surface area contributed by atoms with Gasteiger partial charge in [-0.2, -0.15) is 16.8 Å². The van der Waals surface area contributed by atoms with Gasteiger partial charge in [0, 0.05) is 0 Å². The fourth-order valence-corrected chi connectivity index (χ4v) is 5.23. The summed E-state index contributed by atoms with van der Waals surface area (Å²) in [5.74, 6) is -2.73. The maximum Gasteiger partial charge on any atom is 0.264 e. The van der Waals surface area contributed by atoms with Gasteiger partial charge in [0.15, 0.2) is 0 Å². The zero-order valence-corrected chi connectivity index (χ0v) is 18.5. The molecule has 13 heteroatoms. The standard InChI is InChI=1S/C18H20F2O8S3/c19-17-7-5-15(11-13(17)3-1-9-29(21,22)23)31(27,28)16-6-8-18(20)14(12-16)4-2-10-30(24,25)26/h5-8,11-12H,1-4,9-10H2,(H,21,22,23)(H,24,25,26). The molecule has 0 aliphatic heterocycles. The van der Waals surface area contributed by atoms with E-state index in [1.165, 1.54) is 0 Å². The van der Waals surface area contributed by atoms with Crippen LogP contribution in [0.2, 0.25) is 0 Å². The van der Waals surface area contributed by atoms with Crippen molar-refractivity contribution in [2.45, 2.75) is 35.5 Å². The predicted octanol–water partition coefficient (Wildman–Crippen LogP) is 2.44. The summed E-state index contributed by atoms with van der Waals surface area (Å²) >= 11 is 0. The number of halogens is 2. The number of sulfone groups is 1. The molecule has 0 aromatic heterocycles. The first-order chi connectivity index (χ1) is 14.2. The molecule has 0 heterocycles. The van der Waals surface area contributed by atoms with Crippen molar-refractivity contribution < 1.29 is 43.1 Å². The second kappa shape index (κ2) is 9.69. The topological polar surface area (TPSA) is 143 Å². The van der Waals surface area contributed by atoms with Crippen molar-refractivity contribution in [1.29, 1.82) is 0 Å². The third-order valence-corrected chi connectivity index (χ3v) is 7.71. The molecular weight excluding hydrogens is 478 g/mol. The van der Waals surface area contributed by atoms with Crippen LogP contribution in [0.1, 0.15) is 24.0 Å². The third-order valence-electron chi connectivity index (χ3n) is 4.35. The third kappa shape index (κ3) is 7.61. The smallest absolute Gasteiger partial charge is 0.264 e. The Morgan fingerprint density at radius 2 is 1.00 bits per heavy atom. The molecule has 2 aromatic rings. The maximum absolute atomic E-state index is 14.0. The molecule has 0 bridgehead atoms. The van der Waals surface area contributed by atoms with Gasteiger partial charge in [0.25, 0.3) is 20.2 Å². The molecule has 8 nitrogen and oxygen atoms in total. The van der Waals surface area contributed by atoms with E-state index < -0.39 is 53.2 Å². The van der Waals surface area contributed by atoms with Crippen molar-refractivity contribution in [3.05, 3.63) is 59.2 Å². The highest BCUT2D eigenvalue weighted by Gasteiger charge is 2.21. The van der Waals surface area contributed by atoms with Crippen LogP contribution in [-0.4, -0.2) is 45.9 Å². The fraction of sp³-hybridized carbons (Fsp3) is 0.333. The summed E-state index contributed by atoms with van der Waals surface area (Å²) in [4.78, 5) is -0.600. The first kappa shape index (κ1) is 25.3. The van der Waals surface area contributed by atoms with Crippen LogP contribution in [0.15, 0.2) is 46.2 Å². The highest BCUT2D eigenvalue weighted by molar-refractivity contribution is 7.91. The van der Waals surface area contributed by atoms with E-state index in [0.29, 0.717) is 0 Å². The molecule has 0 unspecified atom stereocenters. The molecule has 2 N–H and O–H groups in total. The Morgan fingerprint density at radius 1 is 0.645 bits per heavy atom. The molecule has 0 amide bonds. The van der Waals surface area contributed by atoms with Crippen molar-refractivity contribution in [3.8, 4) is 0 Å². The van der Waals surface area contributed by atoms with Gasteiger partial charge in [-0.3, -0.25) is 9.11 Å². The van der Waals surface area contributed by atoms with Crippen LogP contribution in [0.5, 0.6) is 0 Å². The molecule has 0 atom stereocenters. The predicted molar refractivity (Wildman–Crippen MR) is 108 cm³/mol. The zero-order valence-electron chi connectivity index (χ0n) is 16.0. The van der Waals surface area contributed by atoms with Crippen molar-refractivity contribution in [1.82, 2.24) is 0 Å². The van der Waals surface area contributed by atoms with Gasteiger partial charge < -0.3 is 0 Å². The van der Waals surface area contributed by atoms with Crippen LogP contribution in [0, 0.1) is 11.6 Å². The first-order valence-electron chi connectivity index (χ1n) is 8.91. The van der Waals surface area contributed by atoms with Crippen LogP contribution in [0.3, 0.4) is 0 Å². The Labute approximate surface area is 179 Å². The molecule has 172 valence electrons. The second-order valence-corrected chi connectivity index (χ2v) is 11.9. The van der Waals surface area contributed by atoms with E-state index in [1.54, 1.807) is 0 Å². The van der Waals surface area contributed by atoms with Gasteiger partial charge in [-0.15, -0.1) is 0 Å². The minimum absolute atomic E-state index is 0.0692.